The van der Waals surface area contributed by atoms with Gasteiger partial charge in [0.05, 0.1) is 11.9 Å². The Morgan fingerprint density at radius 1 is 1.16 bits per heavy atom. The molecule has 2 fully saturated rings. The lowest BCUT2D eigenvalue weighted by Crippen LogP contribution is -2.43. The molecule has 3 heteroatoms. The first kappa shape index (κ1) is 12.9. The molecule has 0 aromatic carbocycles. The molecule has 3 nitrogen and oxygen atoms in total. The van der Waals surface area contributed by atoms with E-state index in [9.17, 15) is 0 Å². The van der Waals surface area contributed by atoms with Crippen LogP contribution in [0, 0.1) is 5.92 Å². The molecule has 1 aromatic heterocycles. The van der Waals surface area contributed by atoms with Gasteiger partial charge >= 0.3 is 0 Å². The van der Waals surface area contributed by atoms with Crippen molar-refractivity contribution in [2.75, 3.05) is 24.5 Å². The Morgan fingerprint density at radius 3 is 2.84 bits per heavy atom. The van der Waals surface area contributed by atoms with Crippen LogP contribution in [-0.4, -0.2) is 30.7 Å². The topological polar surface area (TPSA) is 28.2 Å². The molecule has 1 N–H and O–H groups in total. The number of aromatic nitrogens is 1. The van der Waals surface area contributed by atoms with Crippen LogP contribution in [0.4, 0.5) is 5.69 Å². The van der Waals surface area contributed by atoms with E-state index < -0.39 is 0 Å². The van der Waals surface area contributed by atoms with E-state index in [-0.39, 0.29) is 0 Å². The van der Waals surface area contributed by atoms with E-state index in [1.165, 1.54) is 44.2 Å². The zero-order valence-corrected chi connectivity index (χ0v) is 11.7. The highest BCUT2D eigenvalue weighted by Crippen LogP contribution is 2.28. The fourth-order valence-corrected chi connectivity index (χ4v) is 3.58. The van der Waals surface area contributed by atoms with Crippen LogP contribution >= 0.6 is 0 Å². The molecule has 2 heterocycles. The Bertz CT molecular complexity index is 373. The van der Waals surface area contributed by atoms with Crippen LogP contribution in [0.2, 0.25) is 0 Å². The van der Waals surface area contributed by atoms with Gasteiger partial charge in [0.2, 0.25) is 0 Å². The first-order valence-electron chi connectivity index (χ1n) is 7.82. The molecule has 19 heavy (non-hydrogen) atoms. The molecular formula is C16H25N3. The summed E-state index contributed by atoms with van der Waals surface area (Å²) in [7, 11) is 0. The first-order chi connectivity index (χ1) is 9.43. The summed E-state index contributed by atoms with van der Waals surface area (Å²) < 4.78 is 0. The molecule has 1 aliphatic heterocycles. The van der Waals surface area contributed by atoms with Gasteiger partial charge in [-0.1, -0.05) is 19.3 Å². The van der Waals surface area contributed by atoms with Crippen molar-refractivity contribution in [2.45, 2.75) is 44.6 Å². The van der Waals surface area contributed by atoms with Gasteiger partial charge in [-0.25, -0.2) is 0 Å². The molecule has 0 bridgehead atoms. The van der Waals surface area contributed by atoms with Crippen molar-refractivity contribution in [3.63, 3.8) is 0 Å². The maximum Gasteiger partial charge on any atom is 0.0553 e. The Morgan fingerprint density at radius 2 is 2.05 bits per heavy atom. The van der Waals surface area contributed by atoms with E-state index in [1.54, 1.807) is 0 Å². The van der Waals surface area contributed by atoms with E-state index in [0.29, 0.717) is 6.04 Å². The van der Waals surface area contributed by atoms with Crippen molar-refractivity contribution in [3.05, 3.63) is 24.5 Å². The summed E-state index contributed by atoms with van der Waals surface area (Å²) in [6, 6.07) is 4.91. The molecule has 0 radical (unpaired) electrons. The Balaban J connectivity index is 1.68. The lowest BCUT2D eigenvalue weighted by molar-refractivity contribution is 0.277. The summed E-state index contributed by atoms with van der Waals surface area (Å²) in [6.07, 6.45) is 12.2. The molecule has 1 atom stereocenters. The van der Waals surface area contributed by atoms with Crippen molar-refractivity contribution in [1.29, 1.82) is 0 Å². The average molecular weight is 259 g/mol. The van der Waals surface area contributed by atoms with Gasteiger partial charge in [-0.3, -0.25) is 4.98 Å². The minimum absolute atomic E-state index is 0.669. The molecule has 1 aromatic rings. The number of hydrogen-bond donors (Lipinski definition) is 1. The maximum atomic E-state index is 4.27. The number of hydrogen-bond acceptors (Lipinski definition) is 3. The maximum absolute atomic E-state index is 4.27. The molecule has 2 aliphatic rings. The van der Waals surface area contributed by atoms with Crippen molar-refractivity contribution in [2.24, 2.45) is 5.92 Å². The number of pyridine rings is 1. The molecule has 0 amide bonds. The summed E-state index contributed by atoms with van der Waals surface area (Å²) in [5.74, 6) is 0.881. The third kappa shape index (κ3) is 3.27. The van der Waals surface area contributed by atoms with Crippen molar-refractivity contribution in [1.82, 2.24) is 10.3 Å². The van der Waals surface area contributed by atoms with Gasteiger partial charge in [-0.2, -0.15) is 0 Å². The van der Waals surface area contributed by atoms with E-state index in [0.717, 1.165) is 25.6 Å². The highest BCUT2D eigenvalue weighted by molar-refractivity contribution is 5.44. The first-order valence-corrected chi connectivity index (χ1v) is 7.82. The van der Waals surface area contributed by atoms with Gasteiger partial charge in [0.1, 0.15) is 0 Å². The average Bonchev–Trinajstić information content (AvgIpc) is 2.75. The Kier molecular flexibility index (Phi) is 4.34. The molecule has 1 saturated heterocycles. The molecule has 1 unspecified atom stereocenters. The van der Waals surface area contributed by atoms with Crippen LogP contribution in [0.5, 0.6) is 0 Å². The quantitative estimate of drug-likeness (QED) is 0.885. The molecule has 104 valence electrons. The summed E-state index contributed by atoms with van der Waals surface area (Å²) in [5.41, 5.74) is 1.28. The molecule has 3 rings (SSSR count). The van der Waals surface area contributed by atoms with Crippen molar-refractivity contribution < 1.29 is 0 Å². The van der Waals surface area contributed by atoms with Crippen LogP contribution in [0.1, 0.15) is 38.5 Å². The van der Waals surface area contributed by atoms with Crippen molar-refractivity contribution >= 4 is 5.69 Å². The van der Waals surface area contributed by atoms with E-state index in [2.05, 4.69) is 21.3 Å². The van der Waals surface area contributed by atoms with Crippen LogP contribution in [0.25, 0.3) is 0 Å². The van der Waals surface area contributed by atoms with Gasteiger partial charge in [0, 0.05) is 25.3 Å². The van der Waals surface area contributed by atoms with Gasteiger partial charge < -0.3 is 10.2 Å². The van der Waals surface area contributed by atoms with Crippen LogP contribution < -0.4 is 10.2 Å². The summed E-state index contributed by atoms with van der Waals surface area (Å²) in [5, 5.41) is 3.79. The minimum atomic E-state index is 0.669. The summed E-state index contributed by atoms with van der Waals surface area (Å²) >= 11 is 0. The van der Waals surface area contributed by atoms with Gasteiger partial charge in [0.25, 0.3) is 0 Å². The summed E-state index contributed by atoms with van der Waals surface area (Å²) in [4.78, 5) is 6.79. The molecule has 0 spiro atoms. The Hall–Kier alpha value is -1.09. The second-order valence-corrected chi connectivity index (χ2v) is 5.97. The fraction of sp³-hybridized carbons (Fsp3) is 0.688. The smallest absolute Gasteiger partial charge is 0.0553 e. The highest BCUT2D eigenvalue weighted by atomic mass is 15.2. The van der Waals surface area contributed by atoms with Gasteiger partial charge in [-0.05, 0) is 43.9 Å². The fourth-order valence-electron chi connectivity index (χ4n) is 3.58. The monoisotopic (exact) mass is 259 g/mol. The number of nitrogens with zero attached hydrogens (tertiary/aromatic N) is 2. The second kappa shape index (κ2) is 6.38. The second-order valence-electron chi connectivity index (χ2n) is 5.97. The predicted molar refractivity (Wildman–Crippen MR) is 79.4 cm³/mol. The van der Waals surface area contributed by atoms with E-state index in [4.69, 9.17) is 0 Å². The van der Waals surface area contributed by atoms with Crippen LogP contribution in [0.3, 0.4) is 0 Å². The highest BCUT2D eigenvalue weighted by Gasteiger charge is 2.26. The zero-order valence-electron chi connectivity index (χ0n) is 11.7. The molecule has 1 aliphatic carbocycles. The number of anilines is 1. The molecule has 1 saturated carbocycles. The number of nitrogens with one attached hydrogen (secondary N) is 1. The van der Waals surface area contributed by atoms with Crippen molar-refractivity contribution in [3.8, 4) is 0 Å². The predicted octanol–water partition coefficient (Wildman–Crippen LogP) is 2.83. The van der Waals surface area contributed by atoms with Crippen LogP contribution in [0.15, 0.2) is 24.5 Å². The molecular weight excluding hydrogens is 234 g/mol. The minimum Gasteiger partial charge on any atom is -0.369 e. The standard InChI is InChI=1S/C16H25N3/c1-2-6-14(7-3-1)16-13-19(11-5-10-18-16)15-8-4-9-17-12-15/h4,8-9,12,14,16,18H,1-3,5-7,10-11,13H2. The largest absolute Gasteiger partial charge is 0.369 e. The zero-order chi connectivity index (χ0) is 12.9. The summed E-state index contributed by atoms with van der Waals surface area (Å²) in [6.45, 7) is 3.47. The lowest BCUT2D eigenvalue weighted by atomic mass is 9.83. The SMILES string of the molecule is c1cncc(N2CCCNC(C3CCCCC3)C2)c1. The lowest BCUT2D eigenvalue weighted by Gasteiger charge is -2.33. The van der Waals surface area contributed by atoms with E-state index in [1.807, 2.05) is 18.5 Å². The third-order valence-corrected chi connectivity index (χ3v) is 4.66. The normalized spacial score (nSPS) is 26.1. The third-order valence-electron chi connectivity index (χ3n) is 4.66. The Labute approximate surface area is 116 Å². The van der Waals surface area contributed by atoms with Gasteiger partial charge in [0.15, 0.2) is 0 Å². The van der Waals surface area contributed by atoms with E-state index >= 15 is 0 Å². The number of rotatable bonds is 2. The van der Waals surface area contributed by atoms with Gasteiger partial charge in [-0.15, -0.1) is 0 Å². The van der Waals surface area contributed by atoms with Crippen LogP contribution in [-0.2, 0) is 0 Å².